The maximum Gasteiger partial charge on any atom is 0.271 e. The van der Waals surface area contributed by atoms with Gasteiger partial charge in [0.1, 0.15) is 12.4 Å². The molecule has 8 heteroatoms. The number of hydrogen-bond donors (Lipinski definition) is 1. The molecule has 7 nitrogen and oxygen atoms in total. The van der Waals surface area contributed by atoms with Gasteiger partial charge in [-0.2, -0.15) is 5.26 Å². The van der Waals surface area contributed by atoms with Crippen molar-refractivity contribution in [2.24, 2.45) is 4.99 Å². The van der Waals surface area contributed by atoms with Crippen molar-refractivity contribution in [2.45, 2.75) is 39.3 Å². The number of nitriles is 1. The number of ether oxygens (including phenoxy) is 1. The van der Waals surface area contributed by atoms with Crippen molar-refractivity contribution >= 4 is 29.0 Å². The zero-order valence-corrected chi connectivity index (χ0v) is 26.5. The van der Waals surface area contributed by atoms with E-state index >= 15 is 0 Å². The number of nitrogens with one attached hydrogen (secondary N) is 1. The Kier molecular flexibility index (Phi) is 8.77. The van der Waals surface area contributed by atoms with E-state index < -0.39 is 6.04 Å². The highest BCUT2D eigenvalue weighted by atomic mass is 32.1. The lowest BCUT2D eigenvalue weighted by Gasteiger charge is -2.25. The van der Waals surface area contributed by atoms with Crippen LogP contribution >= 0.6 is 11.3 Å². The number of rotatable bonds is 8. The van der Waals surface area contributed by atoms with Crippen LogP contribution in [-0.4, -0.2) is 10.5 Å². The number of nitrogens with zero attached hydrogens (tertiary/aromatic N) is 3. The topological polar surface area (TPSA) is 96.5 Å². The number of thiazole rings is 1. The summed E-state index contributed by atoms with van der Waals surface area (Å²) >= 11 is 1.30. The van der Waals surface area contributed by atoms with Crippen LogP contribution < -0.4 is 24.9 Å². The highest BCUT2D eigenvalue weighted by Crippen LogP contribution is 2.31. The van der Waals surface area contributed by atoms with Gasteiger partial charge in [-0.15, -0.1) is 0 Å². The van der Waals surface area contributed by atoms with Gasteiger partial charge in [0.25, 0.3) is 11.5 Å². The normalized spacial score (nSPS) is 14.4. The van der Waals surface area contributed by atoms with E-state index in [9.17, 15) is 14.9 Å². The number of carbonyl (C=O) groups excluding carboxylic acids is 1. The van der Waals surface area contributed by atoms with Crippen molar-refractivity contribution in [3.05, 3.63) is 162 Å². The summed E-state index contributed by atoms with van der Waals surface area (Å²) in [4.78, 5) is 33.2. The number of carbonyl (C=O) groups is 1. The van der Waals surface area contributed by atoms with Gasteiger partial charge in [-0.05, 0) is 65.9 Å². The molecule has 0 saturated carbocycles. The van der Waals surface area contributed by atoms with Crippen molar-refractivity contribution in [1.82, 2.24) is 4.57 Å². The second kappa shape index (κ2) is 13.2. The first kappa shape index (κ1) is 30.5. The van der Waals surface area contributed by atoms with Crippen molar-refractivity contribution in [2.75, 3.05) is 5.32 Å². The fourth-order valence-corrected chi connectivity index (χ4v) is 6.48. The number of aromatic nitrogens is 1. The van der Waals surface area contributed by atoms with Crippen molar-refractivity contribution < 1.29 is 9.53 Å². The molecule has 1 N–H and O–H groups in total. The Hall–Kier alpha value is -5.52. The SMILES string of the molecule is CC1=C(C(=O)Nc2ccccc2)[C@@H](c2ccc(C(C)C)cc2)n2c(s/c(=C/c3ccc(OCc4ccccc4C#N)cc3)c2=O)=N1. The minimum Gasteiger partial charge on any atom is -0.489 e. The standard InChI is InChI=1S/C38H32N4O3S/c1-24(2)27-15-17-28(18-16-27)35-34(36(43)41-31-11-5-4-6-12-31)25(3)40-38-42(35)37(44)33(46-38)21-26-13-19-32(20-14-26)45-23-30-10-8-7-9-29(30)22-39/h4-21,24,35H,23H2,1-3H3,(H,41,43)/b33-21+/t35-/m1/s1. The smallest absolute Gasteiger partial charge is 0.271 e. The number of benzene rings is 4. The van der Waals surface area contributed by atoms with Crippen LogP contribution in [-0.2, 0) is 11.4 Å². The number of hydrogen-bond acceptors (Lipinski definition) is 6. The zero-order chi connectivity index (χ0) is 32.2. The van der Waals surface area contributed by atoms with E-state index in [1.54, 1.807) is 10.6 Å². The van der Waals surface area contributed by atoms with Crippen LogP contribution in [0, 0.1) is 11.3 Å². The predicted molar refractivity (Wildman–Crippen MR) is 181 cm³/mol. The molecular weight excluding hydrogens is 593 g/mol. The Morgan fingerprint density at radius 3 is 2.39 bits per heavy atom. The van der Waals surface area contributed by atoms with Crippen LogP contribution in [0.4, 0.5) is 5.69 Å². The fourth-order valence-electron chi connectivity index (χ4n) is 5.44. The minimum atomic E-state index is -0.643. The summed E-state index contributed by atoms with van der Waals surface area (Å²) in [5.74, 6) is 0.702. The minimum absolute atomic E-state index is 0.215. The van der Waals surface area contributed by atoms with Gasteiger partial charge in [-0.1, -0.05) is 98.0 Å². The van der Waals surface area contributed by atoms with Crippen LogP contribution in [0.25, 0.3) is 6.08 Å². The molecule has 0 fully saturated rings. The maximum atomic E-state index is 14.1. The second-order valence-corrected chi connectivity index (χ2v) is 12.4. The van der Waals surface area contributed by atoms with Gasteiger partial charge in [0.2, 0.25) is 0 Å². The number of allylic oxidation sites excluding steroid dienone is 1. The van der Waals surface area contributed by atoms with E-state index in [2.05, 4.69) is 37.4 Å². The van der Waals surface area contributed by atoms with Gasteiger partial charge in [0, 0.05) is 11.3 Å². The first-order valence-corrected chi connectivity index (χ1v) is 15.8. The molecule has 0 spiro atoms. The summed E-state index contributed by atoms with van der Waals surface area (Å²) in [5.41, 5.74) is 5.69. The van der Waals surface area contributed by atoms with E-state index in [0.717, 1.165) is 16.7 Å². The largest absolute Gasteiger partial charge is 0.489 e. The molecule has 0 saturated heterocycles. The third-order valence-electron chi connectivity index (χ3n) is 7.93. The second-order valence-electron chi connectivity index (χ2n) is 11.3. The van der Waals surface area contributed by atoms with Crippen LogP contribution in [0.5, 0.6) is 5.75 Å². The molecule has 1 aromatic heterocycles. The molecule has 46 heavy (non-hydrogen) atoms. The first-order chi connectivity index (χ1) is 22.3. The van der Waals surface area contributed by atoms with Crippen LogP contribution in [0.1, 0.15) is 60.5 Å². The number of amides is 1. The molecule has 228 valence electrons. The molecule has 1 aliphatic rings. The van der Waals surface area contributed by atoms with E-state index in [0.29, 0.717) is 43.5 Å². The molecule has 1 aliphatic heterocycles. The molecule has 2 heterocycles. The maximum absolute atomic E-state index is 14.1. The molecule has 4 aromatic carbocycles. The molecule has 5 aromatic rings. The van der Waals surface area contributed by atoms with Crippen molar-refractivity contribution in [3.63, 3.8) is 0 Å². The van der Waals surface area contributed by atoms with E-state index in [-0.39, 0.29) is 18.1 Å². The van der Waals surface area contributed by atoms with Crippen LogP contribution in [0.3, 0.4) is 0 Å². The highest BCUT2D eigenvalue weighted by Gasteiger charge is 2.32. The molecular formula is C38H32N4O3S. The lowest BCUT2D eigenvalue weighted by molar-refractivity contribution is -0.113. The van der Waals surface area contributed by atoms with E-state index in [1.807, 2.05) is 97.9 Å². The summed E-state index contributed by atoms with van der Waals surface area (Å²) in [5, 5.41) is 12.3. The molecule has 0 radical (unpaired) electrons. The Morgan fingerprint density at radius 2 is 1.70 bits per heavy atom. The number of anilines is 1. The van der Waals surface area contributed by atoms with Gasteiger partial charge >= 0.3 is 0 Å². The van der Waals surface area contributed by atoms with Crippen LogP contribution in [0.15, 0.2) is 124 Å². The van der Waals surface area contributed by atoms with Gasteiger partial charge < -0.3 is 10.1 Å². The molecule has 0 unspecified atom stereocenters. The summed E-state index contributed by atoms with van der Waals surface area (Å²) in [6, 6.07) is 33.7. The summed E-state index contributed by atoms with van der Waals surface area (Å²) in [6.45, 7) is 6.36. The third kappa shape index (κ3) is 6.32. The van der Waals surface area contributed by atoms with Gasteiger partial charge in [0.05, 0.1) is 33.5 Å². The molecule has 0 bridgehead atoms. The third-order valence-corrected chi connectivity index (χ3v) is 8.91. The summed E-state index contributed by atoms with van der Waals surface area (Å²) < 4.78 is 8.07. The molecule has 0 aliphatic carbocycles. The monoisotopic (exact) mass is 624 g/mol. The summed E-state index contributed by atoms with van der Waals surface area (Å²) in [7, 11) is 0. The fraction of sp³-hybridized carbons (Fsp3) is 0.158. The predicted octanol–water partition coefficient (Wildman–Crippen LogP) is 6.45. The summed E-state index contributed by atoms with van der Waals surface area (Å²) in [6.07, 6.45) is 1.83. The highest BCUT2D eigenvalue weighted by molar-refractivity contribution is 7.07. The van der Waals surface area contributed by atoms with Crippen molar-refractivity contribution in [3.8, 4) is 11.8 Å². The lowest BCUT2D eigenvalue weighted by Crippen LogP contribution is -2.40. The van der Waals surface area contributed by atoms with Gasteiger partial charge in [-0.25, -0.2) is 4.99 Å². The Morgan fingerprint density at radius 1 is 1.00 bits per heavy atom. The zero-order valence-electron chi connectivity index (χ0n) is 25.7. The Labute approximate surface area is 271 Å². The average molecular weight is 625 g/mol. The Balaban J connectivity index is 1.35. The number of fused-ring (bicyclic) bond motifs is 1. The van der Waals surface area contributed by atoms with E-state index in [4.69, 9.17) is 9.73 Å². The average Bonchev–Trinajstić information content (AvgIpc) is 3.37. The Bertz CT molecular complexity index is 2150. The first-order valence-electron chi connectivity index (χ1n) is 15.0. The lowest BCUT2D eigenvalue weighted by atomic mass is 9.93. The van der Waals surface area contributed by atoms with Gasteiger partial charge in [-0.3, -0.25) is 14.2 Å². The molecule has 6 rings (SSSR count). The quantitative estimate of drug-likeness (QED) is 0.215. The molecule has 1 atom stereocenters. The van der Waals surface area contributed by atoms with Crippen molar-refractivity contribution in [1.29, 1.82) is 5.26 Å². The van der Waals surface area contributed by atoms with Crippen LogP contribution in [0.2, 0.25) is 0 Å². The molecule has 1 amide bonds. The van der Waals surface area contributed by atoms with Gasteiger partial charge in [0.15, 0.2) is 4.80 Å². The number of para-hydroxylation sites is 1. The van der Waals surface area contributed by atoms with E-state index in [1.165, 1.54) is 16.9 Å².